The largest absolute Gasteiger partial charge is 0.497 e. The molecule has 0 spiro atoms. The van der Waals surface area contributed by atoms with Crippen LogP contribution in [0.1, 0.15) is 58.1 Å². The summed E-state index contributed by atoms with van der Waals surface area (Å²) in [6, 6.07) is 13.2. The number of sulfonamides is 1. The number of carbonyl (C=O) groups excluding carboxylic acids is 1. The molecule has 4 rings (SSSR count). The van der Waals surface area contributed by atoms with E-state index in [1.165, 1.54) is 14.2 Å². The van der Waals surface area contributed by atoms with Crippen LogP contribution in [0, 0.1) is 23.5 Å². The Labute approximate surface area is 292 Å². The number of benzene rings is 3. The van der Waals surface area contributed by atoms with Gasteiger partial charge in [-0.3, -0.25) is 0 Å². The van der Waals surface area contributed by atoms with E-state index in [0.29, 0.717) is 41.1 Å². The number of methoxy groups -OCH3 is 2. The summed E-state index contributed by atoms with van der Waals surface area (Å²) in [4.78, 5) is 13.6. The van der Waals surface area contributed by atoms with Crippen molar-refractivity contribution in [2.75, 3.05) is 33.9 Å². The molecule has 1 amide bonds. The first kappa shape index (κ1) is 38.2. The molecule has 3 aromatic rings. The zero-order valence-corrected chi connectivity index (χ0v) is 30.5. The Morgan fingerprint density at radius 1 is 1.02 bits per heavy atom. The van der Waals surface area contributed by atoms with Crippen LogP contribution in [-0.2, 0) is 21.2 Å². The van der Waals surface area contributed by atoms with Crippen LogP contribution in [0.15, 0.2) is 59.5 Å². The number of nitrogens with one attached hydrogen (secondary N) is 1. The van der Waals surface area contributed by atoms with E-state index >= 15 is 4.39 Å². The maximum absolute atomic E-state index is 16.0. The van der Waals surface area contributed by atoms with Crippen molar-refractivity contribution in [2.24, 2.45) is 11.8 Å². The van der Waals surface area contributed by atoms with Crippen molar-refractivity contribution in [2.45, 2.75) is 69.9 Å². The van der Waals surface area contributed by atoms with E-state index in [9.17, 15) is 17.6 Å². The molecule has 3 aromatic carbocycles. The van der Waals surface area contributed by atoms with E-state index in [1.54, 1.807) is 56.0 Å². The summed E-state index contributed by atoms with van der Waals surface area (Å²) in [6.45, 7) is 9.47. The molecule has 0 bridgehead atoms. The molecule has 1 fully saturated rings. The van der Waals surface area contributed by atoms with Gasteiger partial charge < -0.3 is 23.8 Å². The molecule has 0 aromatic heterocycles. The minimum absolute atomic E-state index is 0.112. The summed E-state index contributed by atoms with van der Waals surface area (Å²) in [5.41, 5.74) is 0.949. The molecule has 1 aliphatic rings. The first-order chi connectivity index (χ1) is 23.0. The minimum atomic E-state index is -4.56. The number of piperidine rings is 1. The molecule has 0 radical (unpaired) electrons. The van der Waals surface area contributed by atoms with Gasteiger partial charge in [-0.25, -0.2) is 26.7 Å². The third-order valence-electron chi connectivity index (χ3n) is 8.44. The number of hydrogen-bond donors (Lipinski definition) is 1. The van der Waals surface area contributed by atoms with Gasteiger partial charge in [-0.1, -0.05) is 43.6 Å². The number of halogens is 3. The molecule has 1 saturated heterocycles. The van der Waals surface area contributed by atoms with E-state index in [1.807, 2.05) is 26.0 Å². The van der Waals surface area contributed by atoms with Crippen molar-refractivity contribution in [1.82, 2.24) is 9.62 Å². The fourth-order valence-electron chi connectivity index (χ4n) is 5.81. The predicted octanol–water partition coefficient (Wildman–Crippen LogP) is 7.60. The molecule has 1 unspecified atom stereocenters. The average molecular weight is 723 g/mol. The third kappa shape index (κ3) is 9.98. The Balaban J connectivity index is 1.58. The summed E-state index contributed by atoms with van der Waals surface area (Å²) in [6.07, 6.45) is 0.279. The number of carbonyl (C=O) groups is 1. The lowest BCUT2D eigenvalue weighted by Crippen LogP contribution is -2.46. The topological polar surface area (TPSA) is 103 Å². The minimum Gasteiger partial charge on any atom is -0.497 e. The second-order valence-corrected chi connectivity index (χ2v) is 15.6. The molecule has 1 heterocycles. The highest BCUT2D eigenvalue weighted by Crippen LogP contribution is 2.36. The second kappa shape index (κ2) is 15.9. The molecule has 0 aliphatic carbocycles. The Kier molecular flexibility index (Phi) is 12.4. The summed E-state index contributed by atoms with van der Waals surface area (Å²) >= 11 is 6.12. The molecule has 9 nitrogen and oxygen atoms in total. The molecule has 268 valence electrons. The third-order valence-corrected chi connectivity index (χ3v) is 10.2. The summed E-state index contributed by atoms with van der Waals surface area (Å²) in [5, 5.41) is 0.565. The van der Waals surface area contributed by atoms with Gasteiger partial charge in [0.2, 0.25) is 10.0 Å². The number of likely N-dealkylation sites (tertiary alicyclic amines) is 1. The van der Waals surface area contributed by atoms with Crippen molar-refractivity contribution in [3.05, 3.63) is 82.4 Å². The molecule has 1 aliphatic heterocycles. The first-order valence-electron chi connectivity index (χ1n) is 16.1. The fraction of sp³-hybridized carbons (Fsp3) is 0.472. The van der Waals surface area contributed by atoms with Crippen molar-refractivity contribution >= 4 is 27.7 Å². The van der Waals surface area contributed by atoms with E-state index < -0.39 is 50.0 Å². The predicted molar refractivity (Wildman–Crippen MR) is 184 cm³/mol. The number of rotatable bonds is 12. The van der Waals surface area contributed by atoms with Gasteiger partial charge >= 0.3 is 6.09 Å². The van der Waals surface area contributed by atoms with Gasteiger partial charge in [0.25, 0.3) is 0 Å². The van der Waals surface area contributed by atoms with E-state index in [0.717, 1.165) is 11.6 Å². The van der Waals surface area contributed by atoms with Crippen molar-refractivity contribution in [3.63, 3.8) is 0 Å². The molecule has 0 saturated carbocycles. The van der Waals surface area contributed by atoms with Gasteiger partial charge in [0.1, 0.15) is 27.8 Å². The zero-order chi connectivity index (χ0) is 36.1. The maximum atomic E-state index is 16.0. The van der Waals surface area contributed by atoms with Gasteiger partial charge in [-0.05, 0) is 80.8 Å². The number of ether oxygens (including phenoxy) is 4. The van der Waals surface area contributed by atoms with E-state index in [2.05, 4.69) is 4.72 Å². The molecular formula is C36H45ClF2N2O7S. The van der Waals surface area contributed by atoms with Crippen LogP contribution < -0.4 is 18.9 Å². The van der Waals surface area contributed by atoms with Crippen LogP contribution in [0.4, 0.5) is 13.6 Å². The van der Waals surface area contributed by atoms with Crippen LogP contribution >= 0.6 is 11.6 Å². The quantitative estimate of drug-likeness (QED) is 0.205. The van der Waals surface area contributed by atoms with Crippen LogP contribution in [0.5, 0.6) is 17.2 Å². The van der Waals surface area contributed by atoms with Crippen LogP contribution in [-0.4, -0.2) is 65.0 Å². The number of amides is 1. The van der Waals surface area contributed by atoms with Crippen LogP contribution in [0.3, 0.4) is 0 Å². The summed E-state index contributed by atoms with van der Waals surface area (Å²) < 4.78 is 82.9. The Morgan fingerprint density at radius 3 is 2.33 bits per heavy atom. The van der Waals surface area contributed by atoms with E-state index in [4.69, 9.17) is 30.5 Å². The Bertz CT molecular complexity index is 1720. The molecule has 3 atom stereocenters. The van der Waals surface area contributed by atoms with Gasteiger partial charge in [-0.15, -0.1) is 0 Å². The fourth-order valence-corrected chi connectivity index (χ4v) is 7.42. The SMILES string of the molecule is COc1ccc(CC(NS(=O)(=O)c2cc(F)cc(OC[C@H]3CN(C(=O)OC(C)(C)C)CC[C@H]3c3ccc(Cl)cc3)c2F)C(C)C)c(OC)c1. The number of nitrogens with zero attached hydrogens (tertiary/aromatic N) is 1. The maximum Gasteiger partial charge on any atom is 0.410 e. The van der Waals surface area contributed by atoms with Crippen molar-refractivity contribution in [3.8, 4) is 17.2 Å². The average Bonchev–Trinajstić information content (AvgIpc) is 3.04. The van der Waals surface area contributed by atoms with Gasteiger partial charge in [0.05, 0.1) is 20.8 Å². The monoisotopic (exact) mass is 722 g/mol. The van der Waals surface area contributed by atoms with Gasteiger partial charge in [0.15, 0.2) is 11.6 Å². The Morgan fingerprint density at radius 2 is 1.71 bits per heavy atom. The smallest absolute Gasteiger partial charge is 0.410 e. The molecule has 49 heavy (non-hydrogen) atoms. The molecular weight excluding hydrogens is 678 g/mol. The second-order valence-electron chi connectivity index (χ2n) is 13.5. The number of hydrogen-bond acceptors (Lipinski definition) is 7. The van der Waals surface area contributed by atoms with Crippen molar-refractivity contribution < 1.29 is 40.9 Å². The molecule has 1 N–H and O–H groups in total. The normalized spacial score (nSPS) is 17.5. The Hall–Kier alpha value is -3.61. The summed E-state index contributed by atoms with van der Waals surface area (Å²) in [7, 11) is -1.54. The standard InChI is InChI=1S/C36H45ClF2N2O7S/c1-22(2)30(16-24-10-13-28(45-6)19-31(24)46-7)40-49(43,44)33-18-27(38)17-32(34(33)39)47-21-25-20-41(35(42)48-36(3,4)5)15-14-29(25)23-8-11-26(37)12-9-23/h8-13,17-19,22,25,29-30,40H,14-16,20-21H2,1-7H3/t25-,29+,30?/m1/s1. The van der Waals surface area contributed by atoms with Gasteiger partial charge in [-0.2, -0.15) is 0 Å². The first-order valence-corrected chi connectivity index (χ1v) is 18.0. The zero-order valence-electron chi connectivity index (χ0n) is 28.9. The van der Waals surface area contributed by atoms with Crippen molar-refractivity contribution in [1.29, 1.82) is 0 Å². The highest BCUT2D eigenvalue weighted by molar-refractivity contribution is 7.89. The lowest BCUT2D eigenvalue weighted by atomic mass is 9.81. The van der Waals surface area contributed by atoms with Crippen LogP contribution in [0.25, 0.3) is 0 Å². The lowest BCUT2D eigenvalue weighted by Gasteiger charge is -2.39. The highest BCUT2D eigenvalue weighted by Gasteiger charge is 2.36. The van der Waals surface area contributed by atoms with Crippen LogP contribution in [0.2, 0.25) is 5.02 Å². The van der Waals surface area contributed by atoms with Gasteiger partial charge in [0, 0.05) is 42.2 Å². The highest BCUT2D eigenvalue weighted by atomic mass is 35.5. The lowest BCUT2D eigenvalue weighted by molar-refractivity contribution is 0.0110. The molecule has 13 heteroatoms. The summed E-state index contributed by atoms with van der Waals surface area (Å²) in [5.74, 6) is -2.39. The van der Waals surface area contributed by atoms with E-state index in [-0.39, 0.29) is 37.3 Å².